The quantitative estimate of drug-likeness (QED) is 0.807. The molecular formula is C17H19ClFNO3S. The fraction of sp³-hybridized carbons (Fsp3) is 0.294. The molecule has 0 aromatic heterocycles. The van der Waals surface area contributed by atoms with Crippen molar-refractivity contribution in [2.24, 2.45) is 0 Å². The minimum Gasteiger partial charge on any atom is -0.372 e. The van der Waals surface area contributed by atoms with Gasteiger partial charge in [-0.15, -0.1) is 0 Å². The maximum atomic E-state index is 13.2. The molecule has 0 aliphatic rings. The second kappa shape index (κ2) is 7.61. The van der Waals surface area contributed by atoms with Gasteiger partial charge in [-0.2, -0.15) is 0 Å². The second-order valence-corrected chi connectivity index (χ2v) is 7.49. The molecule has 2 aromatic rings. The highest BCUT2D eigenvalue weighted by atomic mass is 35.5. The van der Waals surface area contributed by atoms with Crippen molar-refractivity contribution < 1.29 is 17.5 Å². The lowest BCUT2D eigenvalue weighted by atomic mass is 9.91. The van der Waals surface area contributed by atoms with E-state index in [2.05, 4.69) is 4.72 Å². The van der Waals surface area contributed by atoms with Crippen LogP contribution < -0.4 is 4.72 Å². The Morgan fingerprint density at radius 2 is 1.88 bits per heavy atom. The van der Waals surface area contributed by atoms with Gasteiger partial charge < -0.3 is 4.74 Å². The summed E-state index contributed by atoms with van der Waals surface area (Å²) in [6, 6.07) is 12.7. The molecule has 0 fully saturated rings. The van der Waals surface area contributed by atoms with Crippen LogP contribution in [0.5, 0.6) is 0 Å². The zero-order valence-corrected chi connectivity index (χ0v) is 15.0. The topological polar surface area (TPSA) is 55.4 Å². The average Bonchev–Trinajstić information content (AvgIpc) is 2.59. The van der Waals surface area contributed by atoms with E-state index in [4.69, 9.17) is 16.3 Å². The Balaban J connectivity index is 2.27. The van der Waals surface area contributed by atoms with Gasteiger partial charge in [0.15, 0.2) is 0 Å². The van der Waals surface area contributed by atoms with Crippen molar-refractivity contribution in [2.45, 2.75) is 23.8 Å². The van der Waals surface area contributed by atoms with E-state index >= 15 is 0 Å². The summed E-state index contributed by atoms with van der Waals surface area (Å²) >= 11 is 5.67. The van der Waals surface area contributed by atoms with Crippen molar-refractivity contribution in [3.8, 4) is 0 Å². The van der Waals surface area contributed by atoms with Gasteiger partial charge in [-0.1, -0.05) is 48.9 Å². The summed E-state index contributed by atoms with van der Waals surface area (Å²) in [5, 5.41) is -0.241. The van der Waals surface area contributed by atoms with Crippen LogP contribution in [0.4, 0.5) is 4.39 Å². The van der Waals surface area contributed by atoms with Gasteiger partial charge in [0.2, 0.25) is 10.0 Å². The van der Waals surface area contributed by atoms with Crippen LogP contribution in [0.15, 0.2) is 53.4 Å². The van der Waals surface area contributed by atoms with E-state index in [-0.39, 0.29) is 16.5 Å². The molecule has 0 saturated heterocycles. The van der Waals surface area contributed by atoms with Crippen molar-refractivity contribution in [3.63, 3.8) is 0 Å². The highest BCUT2D eigenvalue weighted by Crippen LogP contribution is 2.29. The lowest BCUT2D eigenvalue weighted by Crippen LogP contribution is -2.41. The number of ether oxygens (including phenoxy) is 1. The summed E-state index contributed by atoms with van der Waals surface area (Å²) in [7, 11) is -2.30. The van der Waals surface area contributed by atoms with Gasteiger partial charge in [-0.25, -0.2) is 17.5 Å². The largest absolute Gasteiger partial charge is 0.372 e. The predicted octanol–water partition coefficient (Wildman–Crippen LogP) is 3.71. The van der Waals surface area contributed by atoms with Crippen molar-refractivity contribution >= 4 is 21.6 Å². The average molecular weight is 372 g/mol. The van der Waals surface area contributed by atoms with E-state index in [1.807, 2.05) is 37.3 Å². The molecule has 0 radical (unpaired) electrons. The monoisotopic (exact) mass is 371 g/mol. The van der Waals surface area contributed by atoms with Crippen LogP contribution in [0.25, 0.3) is 0 Å². The molecule has 7 heteroatoms. The molecule has 2 rings (SSSR count). The molecule has 0 saturated carbocycles. The number of benzene rings is 2. The van der Waals surface area contributed by atoms with E-state index in [9.17, 15) is 12.8 Å². The molecule has 0 aliphatic heterocycles. The lowest BCUT2D eigenvalue weighted by molar-refractivity contribution is -0.0133. The zero-order valence-electron chi connectivity index (χ0n) is 13.4. The smallest absolute Gasteiger partial charge is 0.240 e. The van der Waals surface area contributed by atoms with Crippen LogP contribution in [0.2, 0.25) is 5.02 Å². The highest BCUT2D eigenvalue weighted by Gasteiger charge is 2.32. The molecular weight excluding hydrogens is 353 g/mol. The molecule has 0 heterocycles. The van der Waals surface area contributed by atoms with Gasteiger partial charge in [0.25, 0.3) is 0 Å². The van der Waals surface area contributed by atoms with Crippen LogP contribution in [-0.2, 0) is 20.4 Å². The predicted molar refractivity (Wildman–Crippen MR) is 92.0 cm³/mol. The Kier molecular flexibility index (Phi) is 5.98. The number of methoxy groups -OCH3 is 1. The molecule has 0 amide bonds. The Morgan fingerprint density at radius 3 is 2.42 bits per heavy atom. The number of nitrogens with one attached hydrogen (secondary N) is 1. The summed E-state index contributed by atoms with van der Waals surface area (Å²) in [6.07, 6.45) is 0.570. The maximum absolute atomic E-state index is 13.2. The maximum Gasteiger partial charge on any atom is 0.240 e. The SMILES string of the molecule is CCC(CNS(=O)(=O)c1ccc(F)c(Cl)c1)(OC)c1ccccc1. The normalized spacial score (nSPS) is 14.3. The van der Waals surface area contributed by atoms with Crippen molar-refractivity contribution in [1.82, 2.24) is 4.72 Å². The Labute approximate surface area is 146 Å². The van der Waals surface area contributed by atoms with Gasteiger partial charge >= 0.3 is 0 Å². The molecule has 0 bridgehead atoms. The minimum atomic E-state index is -3.84. The molecule has 130 valence electrons. The van der Waals surface area contributed by atoms with Crippen molar-refractivity contribution in [3.05, 3.63) is 64.9 Å². The fourth-order valence-electron chi connectivity index (χ4n) is 2.45. The van der Waals surface area contributed by atoms with E-state index in [1.54, 1.807) is 7.11 Å². The Bertz CT molecular complexity index is 793. The lowest BCUT2D eigenvalue weighted by Gasteiger charge is -2.32. The zero-order chi connectivity index (χ0) is 17.8. The number of rotatable bonds is 7. The third-order valence-electron chi connectivity index (χ3n) is 4.01. The second-order valence-electron chi connectivity index (χ2n) is 5.32. The van der Waals surface area contributed by atoms with Gasteiger partial charge in [-0.3, -0.25) is 0 Å². The molecule has 1 N–H and O–H groups in total. The molecule has 4 nitrogen and oxygen atoms in total. The van der Waals surface area contributed by atoms with Crippen LogP contribution in [0, 0.1) is 5.82 Å². The van der Waals surface area contributed by atoms with Gasteiger partial charge in [0, 0.05) is 13.7 Å². The number of halogens is 2. The first-order chi connectivity index (χ1) is 11.3. The third-order valence-corrected chi connectivity index (χ3v) is 5.70. The molecule has 0 spiro atoms. The molecule has 1 unspecified atom stereocenters. The summed E-state index contributed by atoms with van der Waals surface area (Å²) in [5.41, 5.74) is 0.0767. The van der Waals surface area contributed by atoms with Crippen LogP contribution in [0.3, 0.4) is 0 Å². The van der Waals surface area contributed by atoms with Crippen LogP contribution >= 0.6 is 11.6 Å². The first-order valence-electron chi connectivity index (χ1n) is 7.40. The Hall–Kier alpha value is -1.47. The van der Waals surface area contributed by atoms with E-state index in [0.717, 1.165) is 17.7 Å². The minimum absolute atomic E-state index is 0.0430. The van der Waals surface area contributed by atoms with Gasteiger partial charge in [0.05, 0.1) is 9.92 Å². The standard InChI is InChI=1S/C17H19ClFNO3S/c1-3-17(23-2,13-7-5-4-6-8-13)12-20-24(21,22)14-9-10-16(19)15(18)11-14/h4-11,20H,3,12H2,1-2H3. The number of sulfonamides is 1. The highest BCUT2D eigenvalue weighted by molar-refractivity contribution is 7.89. The summed E-state index contributed by atoms with van der Waals surface area (Å²) in [5.74, 6) is -0.667. The molecule has 24 heavy (non-hydrogen) atoms. The molecule has 0 aliphatic carbocycles. The summed E-state index contributed by atoms with van der Waals surface area (Å²) in [4.78, 5) is -0.0944. The number of hydrogen-bond donors (Lipinski definition) is 1. The van der Waals surface area contributed by atoms with E-state index in [1.165, 1.54) is 6.07 Å². The third kappa shape index (κ3) is 3.95. The summed E-state index contributed by atoms with van der Waals surface area (Å²) in [6.45, 7) is 1.96. The van der Waals surface area contributed by atoms with Crippen molar-refractivity contribution in [1.29, 1.82) is 0 Å². The summed E-state index contributed by atoms with van der Waals surface area (Å²) < 4.78 is 46.3. The van der Waals surface area contributed by atoms with Gasteiger partial charge in [0.1, 0.15) is 11.4 Å². The molecule has 2 aromatic carbocycles. The van der Waals surface area contributed by atoms with E-state index in [0.29, 0.717) is 6.42 Å². The van der Waals surface area contributed by atoms with Crippen LogP contribution in [0.1, 0.15) is 18.9 Å². The first-order valence-corrected chi connectivity index (χ1v) is 9.26. The van der Waals surface area contributed by atoms with E-state index < -0.39 is 21.4 Å². The van der Waals surface area contributed by atoms with Crippen molar-refractivity contribution in [2.75, 3.05) is 13.7 Å². The first kappa shape index (κ1) is 18.9. The van der Waals surface area contributed by atoms with Gasteiger partial charge in [-0.05, 0) is 30.2 Å². The Morgan fingerprint density at radius 1 is 1.21 bits per heavy atom. The number of hydrogen-bond acceptors (Lipinski definition) is 3. The fourth-order valence-corrected chi connectivity index (χ4v) is 3.80. The molecule has 1 atom stereocenters. The van der Waals surface area contributed by atoms with Crippen LogP contribution in [-0.4, -0.2) is 22.1 Å².